The zero-order valence-corrected chi connectivity index (χ0v) is 33.2. The maximum atomic E-state index is 8.65. The van der Waals surface area contributed by atoms with Gasteiger partial charge in [0.1, 0.15) is 0 Å². The molecule has 1 fully saturated rings. The predicted molar refractivity (Wildman–Crippen MR) is 230 cm³/mol. The van der Waals surface area contributed by atoms with Crippen molar-refractivity contribution in [3.05, 3.63) is 182 Å². The summed E-state index contributed by atoms with van der Waals surface area (Å²) in [6.45, 7) is 0. The van der Waals surface area contributed by atoms with E-state index in [0.29, 0.717) is 0 Å². The van der Waals surface area contributed by atoms with Gasteiger partial charge in [0.15, 0.2) is 0 Å². The summed E-state index contributed by atoms with van der Waals surface area (Å²) in [6.07, 6.45) is 2.99. The molecule has 4 unspecified atom stereocenters. The van der Waals surface area contributed by atoms with E-state index in [1.54, 1.807) is 0 Å². The van der Waals surface area contributed by atoms with Gasteiger partial charge in [0, 0.05) is 0 Å². The summed E-state index contributed by atoms with van der Waals surface area (Å²) < 4.78 is 13.1. The third-order valence-corrected chi connectivity index (χ3v) is 26.5. The standard InChI is InChI=1S/C46H48Cl2O2P2/c1-49-45-33-38(36-52(48,42-27-15-6-16-28-42,43-29-17-7-18-30-43)44-31-19-8-20-32-44)46(50-2)34-37(45)35-51(47,39-21-9-3-10-22-39,40-23-11-4-12-24-40)41-25-13-5-14-26-41/h3-32,37-38,45-46H,33-36H2,1-2H3. The van der Waals surface area contributed by atoms with Crippen molar-refractivity contribution in [2.45, 2.75) is 25.0 Å². The summed E-state index contributed by atoms with van der Waals surface area (Å²) in [7, 11) is 3.73. The number of ether oxygens (including phenoxy) is 2. The second-order valence-electron chi connectivity index (χ2n) is 14.3. The van der Waals surface area contributed by atoms with Crippen molar-refractivity contribution in [1.29, 1.82) is 0 Å². The molecule has 0 aromatic heterocycles. The number of halogens is 2. The fourth-order valence-electron chi connectivity index (χ4n) is 9.09. The molecule has 0 heterocycles. The van der Waals surface area contributed by atoms with Crippen LogP contribution < -0.4 is 31.8 Å². The van der Waals surface area contributed by atoms with Crippen LogP contribution in [0.1, 0.15) is 12.8 Å². The van der Waals surface area contributed by atoms with Gasteiger partial charge in [-0.05, 0) is 0 Å². The number of methoxy groups -OCH3 is 2. The minimum atomic E-state index is -3.57. The van der Waals surface area contributed by atoms with Gasteiger partial charge in [-0.2, -0.15) is 0 Å². The van der Waals surface area contributed by atoms with Crippen molar-refractivity contribution in [2.75, 3.05) is 26.5 Å². The van der Waals surface area contributed by atoms with E-state index in [1.165, 1.54) is 31.8 Å². The molecule has 0 spiro atoms. The Hall–Kier alpha value is -3.32. The van der Waals surface area contributed by atoms with Gasteiger partial charge in [-0.15, -0.1) is 0 Å². The van der Waals surface area contributed by atoms with E-state index in [0.717, 1.165) is 25.2 Å². The van der Waals surface area contributed by atoms with E-state index in [9.17, 15) is 0 Å². The second kappa shape index (κ2) is 15.2. The summed E-state index contributed by atoms with van der Waals surface area (Å²) in [4.78, 5) is 0. The second-order valence-corrected chi connectivity index (χ2v) is 27.3. The summed E-state index contributed by atoms with van der Waals surface area (Å²) in [5.41, 5.74) is 0. The first-order valence-electron chi connectivity index (χ1n) is 18.2. The van der Waals surface area contributed by atoms with Gasteiger partial charge >= 0.3 is 321 Å². The van der Waals surface area contributed by atoms with E-state index in [1.807, 2.05) is 14.2 Å². The molecule has 1 saturated carbocycles. The van der Waals surface area contributed by atoms with Crippen LogP contribution in [-0.2, 0) is 9.47 Å². The van der Waals surface area contributed by atoms with Crippen molar-refractivity contribution in [1.82, 2.24) is 0 Å². The molecule has 6 aromatic carbocycles. The predicted octanol–water partition coefficient (Wildman–Crippen LogP) is 9.41. The Morgan fingerprint density at radius 1 is 0.385 bits per heavy atom. The van der Waals surface area contributed by atoms with Crippen LogP contribution in [0.3, 0.4) is 0 Å². The first-order valence-corrected chi connectivity index (χ1v) is 24.8. The quantitative estimate of drug-likeness (QED) is 0.116. The number of hydrogen-bond acceptors (Lipinski definition) is 2. The molecular weight excluding hydrogens is 717 g/mol. The van der Waals surface area contributed by atoms with Crippen LogP contribution in [0, 0.1) is 11.8 Å². The van der Waals surface area contributed by atoms with Crippen LogP contribution in [-0.4, -0.2) is 38.8 Å². The van der Waals surface area contributed by atoms with Gasteiger partial charge in [0.2, 0.25) is 0 Å². The molecule has 2 nitrogen and oxygen atoms in total. The first kappa shape index (κ1) is 37.0. The van der Waals surface area contributed by atoms with Crippen LogP contribution in [0.25, 0.3) is 0 Å². The van der Waals surface area contributed by atoms with Gasteiger partial charge < -0.3 is 0 Å². The van der Waals surface area contributed by atoms with Crippen molar-refractivity contribution >= 4 is 66.2 Å². The van der Waals surface area contributed by atoms with Crippen LogP contribution in [0.2, 0.25) is 0 Å². The Balaban J connectivity index is 1.36. The van der Waals surface area contributed by atoms with Crippen LogP contribution >= 0.6 is 34.4 Å². The van der Waals surface area contributed by atoms with Crippen molar-refractivity contribution in [3.8, 4) is 0 Å². The molecule has 0 N–H and O–H groups in total. The molecule has 0 saturated heterocycles. The Labute approximate surface area is 319 Å². The number of hydrogen-bond donors (Lipinski definition) is 0. The van der Waals surface area contributed by atoms with Crippen LogP contribution in [0.15, 0.2) is 182 Å². The van der Waals surface area contributed by atoms with E-state index in [-0.39, 0.29) is 24.0 Å². The van der Waals surface area contributed by atoms with E-state index in [4.69, 9.17) is 32.0 Å². The van der Waals surface area contributed by atoms with Gasteiger partial charge in [0.25, 0.3) is 0 Å². The third kappa shape index (κ3) is 6.27. The van der Waals surface area contributed by atoms with Crippen LogP contribution in [0.5, 0.6) is 0 Å². The van der Waals surface area contributed by atoms with Crippen LogP contribution in [0.4, 0.5) is 0 Å². The molecule has 268 valence electrons. The molecule has 6 aromatic rings. The molecule has 1 aliphatic carbocycles. The Bertz CT molecular complexity index is 1680. The zero-order valence-electron chi connectivity index (χ0n) is 29.9. The average molecular weight is 766 g/mol. The molecule has 6 heteroatoms. The number of benzene rings is 6. The normalized spacial score (nSPS) is 20.9. The minimum absolute atomic E-state index is 0.0550. The Morgan fingerprint density at radius 2 is 0.577 bits per heavy atom. The third-order valence-electron chi connectivity index (χ3n) is 11.6. The molecule has 0 aliphatic heterocycles. The first-order chi connectivity index (χ1) is 25.3. The molecule has 4 atom stereocenters. The van der Waals surface area contributed by atoms with Gasteiger partial charge in [-0.25, -0.2) is 0 Å². The maximum absolute atomic E-state index is 8.65. The van der Waals surface area contributed by atoms with Crippen molar-refractivity contribution < 1.29 is 9.47 Å². The molecule has 1 aliphatic rings. The molecule has 0 radical (unpaired) electrons. The monoisotopic (exact) mass is 764 g/mol. The summed E-state index contributed by atoms with van der Waals surface area (Å²) in [5, 5.41) is 7.01. The van der Waals surface area contributed by atoms with E-state index in [2.05, 4.69) is 182 Å². The fraction of sp³-hybridized carbons (Fsp3) is 0.217. The van der Waals surface area contributed by atoms with E-state index >= 15 is 0 Å². The Morgan fingerprint density at radius 3 is 0.750 bits per heavy atom. The van der Waals surface area contributed by atoms with Crippen molar-refractivity contribution in [2.24, 2.45) is 11.8 Å². The molecular formula is C46H48Cl2O2P2. The SMILES string of the molecule is COC1CC(CP(Cl)(c2ccccc2)(c2ccccc2)c2ccccc2)C(OC)CC1CP(Cl)(c1ccccc1)(c1ccccc1)c1ccccc1. The van der Waals surface area contributed by atoms with E-state index < -0.39 is 11.9 Å². The topological polar surface area (TPSA) is 18.5 Å². The Kier molecular flexibility index (Phi) is 10.8. The molecule has 0 bridgehead atoms. The summed E-state index contributed by atoms with van der Waals surface area (Å²) in [6, 6.07) is 64.6. The molecule has 0 amide bonds. The molecule has 52 heavy (non-hydrogen) atoms. The summed E-state index contributed by atoms with van der Waals surface area (Å²) in [5.74, 6) is -6.89. The molecule has 7 rings (SSSR count). The zero-order chi connectivity index (χ0) is 36.1. The number of rotatable bonds is 12. The van der Waals surface area contributed by atoms with Gasteiger partial charge in [0.05, 0.1) is 0 Å². The van der Waals surface area contributed by atoms with Crippen molar-refractivity contribution in [3.63, 3.8) is 0 Å². The van der Waals surface area contributed by atoms with Gasteiger partial charge in [-0.3, -0.25) is 0 Å². The summed E-state index contributed by atoms with van der Waals surface area (Å²) >= 11 is 17.3. The average Bonchev–Trinajstić information content (AvgIpc) is 3.23. The van der Waals surface area contributed by atoms with Gasteiger partial charge in [-0.1, -0.05) is 0 Å². The fourth-order valence-corrected chi connectivity index (χ4v) is 22.5.